The number of hydrogen-bond acceptors (Lipinski definition) is 8. The zero-order valence-electron chi connectivity index (χ0n) is 27.8. The van der Waals surface area contributed by atoms with Gasteiger partial charge >= 0.3 is 0 Å². The van der Waals surface area contributed by atoms with Crippen molar-refractivity contribution in [2.45, 2.75) is 64.4 Å². The molecule has 246 valence electrons. The number of fused-ring (bicyclic) bond motifs is 2. The van der Waals surface area contributed by atoms with E-state index in [-0.39, 0.29) is 5.75 Å². The number of aryl methyl sites for hydroxylation is 1. The third kappa shape index (κ3) is 8.96. The van der Waals surface area contributed by atoms with E-state index in [1.807, 2.05) is 62.5 Å². The molecule has 0 saturated heterocycles. The molecule has 0 saturated carbocycles. The number of rotatable bonds is 13. The van der Waals surface area contributed by atoms with E-state index in [0.29, 0.717) is 11.2 Å². The summed E-state index contributed by atoms with van der Waals surface area (Å²) in [5.41, 5.74) is 6.23. The molecule has 2 atom stereocenters. The van der Waals surface area contributed by atoms with Crippen molar-refractivity contribution in [1.82, 2.24) is 24.8 Å². The fraction of sp³-hybridized carbons (Fsp3) is 0.400. The van der Waals surface area contributed by atoms with E-state index < -0.39 is 10.8 Å². The maximum Gasteiger partial charge on any atom is 0.197 e. The van der Waals surface area contributed by atoms with E-state index in [1.165, 1.54) is 13.0 Å². The molecule has 5 rings (SSSR count). The number of nitrogens with one attached hydrogen (secondary N) is 2. The van der Waals surface area contributed by atoms with Crippen molar-refractivity contribution in [3.63, 3.8) is 0 Å². The monoisotopic (exact) mass is 664 g/mol. The third-order valence-electron chi connectivity index (χ3n) is 8.01. The number of anilines is 1. The van der Waals surface area contributed by atoms with Gasteiger partial charge in [-0.3, -0.25) is 14.2 Å². The van der Waals surface area contributed by atoms with E-state index >= 15 is 0 Å². The summed E-state index contributed by atoms with van der Waals surface area (Å²) >= 11 is 6.04. The number of imidazole rings is 1. The first-order chi connectivity index (χ1) is 22.2. The number of ether oxygens (including phenoxy) is 2. The van der Waals surface area contributed by atoms with Gasteiger partial charge in [0.1, 0.15) is 11.5 Å². The Morgan fingerprint density at radius 2 is 1.80 bits per heavy atom. The van der Waals surface area contributed by atoms with Crippen molar-refractivity contribution in [3.8, 4) is 11.5 Å². The molecule has 5 aromatic rings. The highest BCUT2D eigenvalue weighted by Crippen LogP contribution is 2.27. The van der Waals surface area contributed by atoms with Gasteiger partial charge in [0.05, 0.1) is 53.0 Å². The number of hydrogen-bond donors (Lipinski definition) is 2. The van der Waals surface area contributed by atoms with Gasteiger partial charge in [0.25, 0.3) is 0 Å². The minimum Gasteiger partial charge on any atom is -0.497 e. The van der Waals surface area contributed by atoms with Crippen molar-refractivity contribution in [1.29, 1.82) is 0 Å². The number of pyridine rings is 2. The molecule has 11 heteroatoms. The molecule has 2 aromatic carbocycles. The third-order valence-corrected chi connectivity index (χ3v) is 9.41. The molecule has 0 bridgehead atoms. The average molecular weight is 665 g/mol. The number of methoxy groups -OCH3 is 2. The molecule has 2 unspecified atom stereocenters. The summed E-state index contributed by atoms with van der Waals surface area (Å²) < 4.78 is 23.3. The first-order valence-corrected chi connectivity index (χ1v) is 17.3. The summed E-state index contributed by atoms with van der Waals surface area (Å²) in [6.45, 7) is 14.0. The topological polar surface area (TPSA) is 105 Å². The zero-order valence-corrected chi connectivity index (χ0v) is 29.4. The summed E-state index contributed by atoms with van der Waals surface area (Å²) in [5.74, 6) is 1.79. The molecule has 3 aromatic heterocycles. The first kappa shape index (κ1) is 35.1. The second-order valence-electron chi connectivity index (χ2n) is 11.2. The van der Waals surface area contributed by atoms with Gasteiger partial charge in [0.2, 0.25) is 0 Å². The lowest BCUT2D eigenvalue weighted by molar-refractivity contribution is 0.295. The van der Waals surface area contributed by atoms with Gasteiger partial charge in [0, 0.05) is 51.7 Å². The molecule has 0 radical (unpaired) electrons. The van der Waals surface area contributed by atoms with Crippen LogP contribution in [0.5, 0.6) is 11.5 Å². The minimum absolute atomic E-state index is 0.277. The van der Waals surface area contributed by atoms with Crippen LogP contribution >= 0.6 is 11.6 Å². The Kier molecular flexibility index (Phi) is 12.8. The van der Waals surface area contributed by atoms with Gasteiger partial charge in [-0.1, -0.05) is 25.4 Å². The molecule has 9 nitrogen and oxygen atoms in total. The molecule has 0 amide bonds. The lowest BCUT2D eigenvalue weighted by atomic mass is 10.1. The van der Waals surface area contributed by atoms with E-state index in [4.69, 9.17) is 21.1 Å². The molecule has 0 fully saturated rings. The molecule has 0 aliphatic heterocycles. The standard InChI is InChI=1S/C18H26ClN3.C17H19N3O3S/c1-4-22(5-2)12-6-7-14(3)21-17-10-11-20-18-13-15(19)8-9-16(17)18;1-10-8-18-15(11(2)16(10)23-4)9-24(21)17-19-13-6-5-12(22-3)7-14(13)20-17/h8-11,13-14H,4-7,12H2,1-3H3,(H,20,21);5-8H,9H2,1-4H3,(H,19,20). The van der Waals surface area contributed by atoms with Crippen LogP contribution < -0.4 is 14.8 Å². The molecule has 2 N–H and O–H groups in total. The van der Waals surface area contributed by atoms with Crippen LogP contribution in [0, 0.1) is 13.8 Å². The maximum atomic E-state index is 12.7. The number of nitrogens with zero attached hydrogens (tertiary/aromatic N) is 4. The molecule has 46 heavy (non-hydrogen) atoms. The molecular weight excluding hydrogens is 620 g/mol. The molecular formula is C35H45ClN6O3S. The lowest BCUT2D eigenvalue weighted by Crippen LogP contribution is -2.25. The predicted molar refractivity (Wildman–Crippen MR) is 190 cm³/mol. The Morgan fingerprint density at radius 1 is 1.02 bits per heavy atom. The normalized spacial score (nSPS) is 12.5. The van der Waals surface area contributed by atoms with Crippen LogP contribution in [0.25, 0.3) is 21.9 Å². The Morgan fingerprint density at radius 3 is 2.52 bits per heavy atom. The number of H-pyrrole nitrogens is 1. The number of benzene rings is 2. The van der Waals surface area contributed by atoms with Crippen molar-refractivity contribution in [2.24, 2.45) is 0 Å². The summed E-state index contributed by atoms with van der Waals surface area (Å²) in [4.78, 5) is 18.8. The number of halogens is 1. The van der Waals surface area contributed by atoms with Crippen LogP contribution in [-0.4, -0.2) is 68.9 Å². The van der Waals surface area contributed by atoms with Crippen molar-refractivity contribution >= 4 is 50.0 Å². The summed E-state index contributed by atoms with van der Waals surface area (Å²) in [7, 11) is 1.91. The zero-order chi connectivity index (χ0) is 33.2. The van der Waals surface area contributed by atoms with Crippen LogP contribution in [0.1, 0.15) is 50.4 Å². The Labute approximate surface area is 279 Å². The van der Waals surface area contributed by atoms with Crippen LogP contribution in [-0.2, 0) is 16.6 Å². The fourth-order valence-corrected chi connectivity index (χ4v) is 6.62. The molecule has 3 heterocycles. The van der Waals surface area contributed by atoms with E-state index in [9.17, 15) is 4.21 Å². The van der Waals surface area contributed by atoms with E-state index in [2.05, 4.69) is 50.9 Å². The van der Waals surface area contributed by atoms with Gasteiger partial charge in [0.15, 0.2) is 5.16 Å². The van der Waals surface area contributed by atoms with Crippen molar-refractivity contribution in [3.05, 3.63) is 76.7 Å². The fourth-order valence-electron chi connectivity index (χ4n) is 5.35. The van der Waals surface area contributed by atoms with Crippen LogP contribution in [0.4, 0.5) is 5.69 Å². The minimum atomic E-state index is -1.33. The van der Waals surface area contributed by atoms with Crippen LogP contribution in [0.15, 0.2) is 60.0 Å². The molecule has 0 spiro atoms. The average Bonchev–Trinajstić information content (AvgIpc) is 3.49. The van der Waals surface area contributed by atoms with Gasteiger partial charge in [-0.2, -0.15) is 0 Å². The van der Waals surface area contributed by atoms with Gasteiger partial charge in [-0.05, 0) is 89.6 Å². The van der Waals surface area contributed by atoms with Crippen LogP contribution in [0.2, 0.25) is 5.02 Å². The summed E-state index contributed by atoms with van der Waals surface area (Å²) in [5, 5.41) is 5.90. The quantitative estimate of drug-likeness (QED) is 0.132. The first-order valence-electron chi connectivity index (χ1n) is 15.6. The summed E-state index contributed by atoms with van der Waals surface area (Å²) in [6, 6.07) is 13.8. The van der Waals surface area contributed by atoms with E-state index in [0.717, 1.165) is 80.5 Å². The Bertz CT molecular complexity index is 1770. The second-order valence-corrected chi connectivity index (χ2v) is 13.0. The SMILES string of the molecule is CCN(CC)CCCC(C)Nc1ccnc2cc(Cl)ccc12.COc1ccc2nc(S(=O)Cc3ncc(C)c(OC)c3C)[nH]c2c1. The highest BCUT2D eigenvalue weighted by molar-refractivity contribution is 7.84. The Balaban J connectivity index is 0.000000210. The maximum absolute atomic E-state index is 12.7. The number of aromatic nitrogens is 4. The lowest BCUT2D eigenvalue weighted by Gasteiger charge is -2.20. The van der Waals surface area contributed by atoms with Gasteiger partial charge in [-0.25, -0.2) is 4.98 Å². The van der Waals surface area contributed by atoms with Crippen molar-refractivity contribution in [2.75, 3.05) is 39.2 Å². The van der Waals surface area contributed by atoms with Gasteiger partial charge in [-0.15, -0.1) is 0 Å². The number of aromatic amines is 1. The largest absolute Gasteiger partial charge is 0.497 e. The highest BCUT2D eigenvalue weighted by atomic mass is 35.5. The highest BCUT2D eigenvalue weighted by Gasteiger charge is 2.16. The second kappa shape index (κ2) is 16.7. The smallest absolute Gasteiger partial charge is 0.197 e. The Hall–Kier alpha value is -3.73. The van der Waals surface area contributed by atoms with Crippen molar-refractivity contribution < 1.29 is 13.7 Å². The van der Waals surface area contributed by atoms with Crippen LogP contribution in [0.3, 0.4) is 0 Å². The van der Waals surface area contributed by atoms with Gasteiger partial charge < -0.3 is 24.7 Å². The molecule has 0 aliphatic rings. The predicted octanol–water partition coefficient (Wildman–Crippen LogP) is 7.71. The molecule has 0 aliphatic carbocycles. The summed E-state index contributed by atoms with van der Waals surface area (Å²) in [6.07, 6.45) is 5.95. The van der Waals surface area contributed by atoms with E-state index in [1.54, 1.807) is 20.4 Å².